The van der Waals surface area contributed by atoms with E-state index in [-0.39, 0.29) is 12.3 Å². The molecule has 1 unspecified atom stereocenters. The van der Waals surface area contributed by atoms with Crippen molar-refractivity contribution in [3.05, 3.63) is 53.6 Å². The highest BCUT2D eigenvalue weighted by molar-refractivity contribution is 6.04. The van der Waals surface area contributed by atoms with Crippen LogP contribution in [-0.4, -0.2) is 37.2 Å². The van der Waals surface area contributed by atoms with Gasteiger partial charge >= 0.3 is 5.97 Å². The number of amides is 1. The Bertz CT molecular complexity index is 759. The quantitative estimate of drug-likeness (QED) is 0.707. The Labute approximate surface area is 145 Å². The van der Waals surface area contributed by atoms with Gasteiger partial charge in [0.25, 0.3) is 5.91 Å². The molecule has 0 aliphatic carbocycles. The van der Waals surface area contributed by atoms with Gasteiger partial charge in [-0.15, -0.1) is 0 Å². The lowest BCUT2D eigenvalue weighted by Crippen LogP contribution is -2.32. The number of carbonyl (C=O) groups is 2. The van der Waals surface area contributed by atoms with E-state index in [1.165, 1.54) is 14.2 Å². The van der Waals surface area contributed by atoms with E-state index in [0.29, 0.717) is 22.7 Å². The summed E-state index contributed by atoms with van der Waals surface area (Å²) in [5, 5.41) is 11.6. The fraction of sp³-hybridized carbons (Fsp3) is 0.222. The highest BCUT2D eigenvalue weighted by Gasteiger charge is 2.13. The Morgan fingerprint density at radius 2 is 1.72 bits per heavy atom. The third kappa shape index (κ3) is 4.71. The monoisotopic (exact) mass is 344 g/mol. The topological polar surface area (TPSA) is 111 Å². The maximum atomic E-state index is 12.3. The molecular weight excluding hydrogens is 324 g/mol. The van der Waals surface area contributed by atoms with Crippen LogP contribution in [0.1, 0.15) is 15.9 Å². The van der Waals surface area contributed by atoms with Gasteiger partial charge in [-0.3, -0.25) is 9.59 Å². The number of ether oxygens (including phenoxy) is 2. The normalized spacial score (nSPS) is 11.5. The highest BCUT2D eigenvalue weighted by atomic mass is 16.5. The Morgan fingerprint density at radius 1 is 1.08 bits per heavy atom. The molecule has 1 atom stereocenters. The molecule has 0 fully saturated rings. The van der Waals surface area contributed by atoms with E-state index in [0.717, 1.165) is 5.56 Å². The summed E-state index contributed by atoms with van der Waals surface area (Å²) >= 11 is 0. The van der Waals surface area contributed by atoms with E-state index in [1.54, 1.807) is 42.5 Å². The molecule has 0 saturated heterocycles. The third-order valence-electron chi connectivity index (χ3n) is 3.63. The van der Waals surface area contributed by atoms with Crippen LogP contribution >= 0.6 is 0 Å². The number of carbonyl (C=O) groups excluding carboxylic acids is 1. The fourth-order valence-electron chi connectivity index (χ4n) is 2.25. The summed E-state index contributed by atoms with van der Waals surface area (Å²) in [7, 11) is 3.02. The van der Waals surface area contributed by atoms with Crippen molar-refractivity contribution < 1.29 is 24.2 Å². The number of rotatable bonds is 7. The molecule has 7 nitrogen and oxygen atoms in total. The Morgan fingerprint density at radius 3 is 2.28 bits per heavy atom. The number of hydrogen-bond donors (Lipinski definition) is 3. The van der Waals surface area contributed by atoms with E-state index in [1.807, 2.05) is 0 Å². The molecule has 2 aromatic rings. The maximum Gasteiger partial charge on any atom is 0.320 e. The van der Waals surface area contributed by atoms with Crippen LogP contribution in [-0.2, 0) is 11.2 Å². The molecule has 0 radical (unpaired) electrons. The van der Waals surface area contributed by atoms with Crippen molar-refractivity contribution in [1.82, 2.24) is 0 Å². The van der Waals surface area contributed by atoms with Crippen LogP contribution in [0.4, 0.5) is 5.69 Å². The molecule has 0 heterocycles. The Balaban J connectivity index is 2.06. The maximum absolute atomic E-state index is 12.3. The molecule has 0 aliphatic rings. The molecule has 0 aliphatic heterocycles. The molecule has 2 aromatic carbocycles. The molecule has 4 N–H and O–H groups in total. The number of carboxylic acid groups (broad SMARTS) is 1. The van der Waals surface area contributed by atoms with Crippen LogP contribution in [0, 0.1) is 0 Å². The Hall–Kier alpha value is -3.06. The molecule has 1 amide bonds. The van der Waals surface area contributed by atoms with Gasteiger partial charge in [0.05, 0.1) is 14.2 Å². The van der Waals surface area contributed by atoms with Crippen LogP contribution in [0.5, 0.6) is 11.5 Å². The molecule has 0 aromatic heterocycles. The lowest BCUT2D eigenvalue weighted by molar-refractivity contribution is -0.138. The first kappa shape index (κ1) is 18.3. The number of benzene rings is 2. The molecule has 2 rings (SSSR count). The SMILES string of the molecule is COc1ccc(C(=O)Nc2ccc(CC(N)C(=O)O)cc2)cc1OC. The van der Waals surface area contributed by atoms with Crippen molar-refractivity contribution in [2.24, 2.45) is 5.73 Å². The predicted molar refractivity (Wildman–Crippen MR) is 93.3 cm³/mol. The lowest BCUT2D eigenvalue weighted by Gasteiger charge is -2.11. The smallest absolute Gasteiger partial charge is 0.320 e. The van der Waals surface area contributed by atoms with Crippen molar-refractivity contribution >= 4 is 17.6 Å². The summed E-state index contributed by atoms with van der Waals surface area (Å²) in [6, 6.07) is 10.8. The van der Waals surface area contributed by atoms with Crippen molar-refractivity contribution in [2.45, 2.75) is 12.5 Å². The lowest BCUT2D eigenvalue weighted by atomic mass is 10.1. The van der Waals surface area contributed by atoms with E-state index in [2.05, 4.69) is 5.32 Å². The molecule has 132 valence electrons. The summed E-state index contributed by atoms with van der Waals surface area (Å²) in [5.74, 6) is -0.340. The van der Waals surface area contributed by atoms with Crippen LogP contribution in [0.3, 0.4) is 0 Å². The van der Waals surface area contributed by atoms with Crippen molar-refractivity contribution in [1.29, 1.82) is 0 Å². The van der Waals surface area contributed by atoms with Crippen molar-refractivity contribution in [2.75, 3.05) is 19.5 Å². The number of nitrogens with two attached hydrogens (primary N) is 1. The average molecular weight is 344 g/mol. The van der Waals surface area contributed by atoms with E-state index in [9.17, 15) is 9.59 Å². The average Bonchev–Trinajstić information content (AvgIpc) is 2.62. The van der Waals surface area contributed by atoms with Crippen LogP contribution in [0.25, 0.3) is 0 Å². The second-order valence-corrected chi connectivity index (χ2v) is 5.37. The first-order valence-corrected chi connectivity index (χ1v) is 7.55. The van der Waals surface area contributed by atoms with Gasteiger partial charge in [-0.2, -0.15) is 0 Å². The zero-order valence-corrected chi connectivity index (χ0v) is 14.0. The zero-order valence-electron chi connectivity index (χ0n) is 14.0. The van der Waals surface area contributed by atoms with Gasteiger partial charge in [0, 0.05) is 11.3 Å². The molecule has 0 spiro atoms. The molecule has 0 saturated carbocycles. The van der Waals surface area contributed by atoms with Gasteiger partial charge in [-0.05, 0) is 42.3 Å². The van der Waals surface area contributed by atoms with E-state index < -0.39 is 12.0 Å². The van der Waals surface area contributed by atoms with Gasteiger partial charge in [0.2, 0.25) is 0 Å². The highest BCUT2D eigenvalue weighted by Crippen LogP contribution is 2.27. The van der Waals surface area contributed by atoms with Gasteiger partial charge in [0.15, 0.2) is 11.5 Å². The van der Waals surface area contributed by atoms with Gasteiger partial charge in [0.1, 0.15) is 6.04 Å². The summed E-state index contributed by atoms with van der Waals surface area (Å²) in [4.78, 5) is 23.1. The van der Waals surface area contributed by atoms with E-state index >= 15 is 0 Å². The van der Waals surface area contributed by atoms with Crippen LogP contribution in [0.15, 0.2) is 42.5 Å². The fourth-order valence-corrected chi connectivity index (χ4v) is 2.25. The first-order chi connectivity index (χ1) is 11.9. The Kier molecular flexibility index (Phi) is 5.97. The summed E-state index contributed by atoms with van der Waals surface area (Å²) in [6.45, 7) is 0. The van der Waals surface area contributed by atoms with Crippen molar-refractivity contribution in [3.63, 3.8) is 0 Å². The van der Waals surface area contributed by atoms with E-state index in [4.69, 9.17) is 20.3 Å². The number of nitrogens with one attached hydrogen (secondary N) is 1. The number of anilines is 1. The summed E-state index contributed by atoms with van der Waals surface area (Å²) < 4.78 is 10.3. The van der Waals surface area contributed by atoms with Crippen molar-refractivity contribution in [3.8, 4) is 11.5 Å². The number of aliphatic carboxylic acids is 1. The van der Waals surface area contributed by atoms with Gasteiger partial charge in [-0.1, -0.05) is 12.1 Å². The molecular formula is C18H20N2O5. The number of hydrogen-bond acceptors (Lipinski definition) is 5. The van der Waals surface area contributed by atoms with Crippen LogP contribution in [0.2, 0.25) is 0 Å². The largest absolute Gasteiger partial charge is 0.493 e. The first-order valence-electron chi connectivity index (χ1n) is 7.55. The predicted octanol–water partition coefficient (Wildman–Crippen LogP) is 1.91. The molecule has 0 bridgehead atoms. The third-order valence-corrected chi connectivity index (χ3v) is 3.63. The standard InChI is InChI=1S/C18H20N2O5/c1-24-15-8-5-12(10-16(15)25-2)17(21)20-13-6-3-11(4-7-13)9-14(19)18(22)23/h3-8,10,14H,9,19H2,1-2H3,(H,20,21)(H,22,23). The summed E-state index contributed by atoms with van der Waals surface area (Å²) in [6.07, 6.45) is 0.221. The van der Waals surface area contributed by atoms with Crippen LogP contribution < -0.4 is 20.5 Å². The molecule has 7 heteroatoms. The minimum absolute atomic E-state index is 0.221. The second kappa shape index (κ2) is 8.16. The molecule has 25 heavy (non-hydrogen) atoms. The van der Waals surface area contributed by atoms with Gasteiger partial charge in [-0.25, -0.2) is 0 Å². The number of methoxy groups -OCH3 is 2. The minimum Gasteiger partial charge on any atom is -0.493 e. The summed E-state index contributed by atoms with van der Waals surface area (Å²) in [5.41, 5.74) is 7.30. The van der Waals surface area contributed by atoms with Gasteiger partial charge < -0.3 is 25.6 Å². The second-order valence-electron chi connectivity index (χ2n) is 5.37. The minimum atomic E-state index is -1.05. The zero-order chi connectivity index (χ0) is 18.4. The number of carboxylic acids is 1.